The molecule has 20 heavy (non-hydrogen) atoms. The predicted octanol–water partition coefficient (Wildman–Crippen LogP) is 5.09. The lowest BCUT2D eigenvalue weighted by molar-refractivity contribution is -0.249. The van der Waals surface area contributed by atoms with Gasteiger partial charge in [-0.25, -0.2) is 0 Å². The zero-order chi connectivity index (χ0) is 15.8. The van der Waals surface area contributed by atoms with Crippen LogP contribution in [-0.2, 0) is 9.78 Å². The van der Waals surface area contributed by atoms with Crippen LogP contribution in [0.2, 0.25) is 0 Å². The molecule has 0 aromatic rings. The molecule has 0 amide bonds. The van der Waals surface area contributed by atoms with Gasteiger partial charge >= 0.3 is 12.0 Å². The van der Waals surface area contributed by atoms with Crippen molar-refractivity contribution in [1.29, 1.82) is 0 Å². The number of rotatable bonds is 1. The SMILES string of the molecule is CC1(C)CC(C)(C(C)(C)C)C(C)(C2(C(F)(F)F)OO2)C1. The average molecular weight is 294 g/mol. The first kappa shape index (κ1) is 16.1. The normalized spacial score (nSPS) is 39.9. The van der Waals surface area contributed by atoms with Crippen LogP contribution in [0.25, 0.3) is 0 Å². The lowest BCUT2D eigenvalue weighted by Crippen LogP contribution is -2.56. The van der Waals surface area contributed by atoms with E-state index >= 15 is 0 Å². The van der Waals surface area contributed by atoms with E-state index in [1.165, 1.54) is 0 Å². The molecule has 118 valence electrons. The van der Waals surface area contributed by atoms with E-state index in [1.807, 2.05) is 41.5 Å². The summed E-state index contributed by atoms with van der Waals surface area (Å²) in [5.41, 5.74) is -2.12. The summed E-state index contributed by atoms with van der Waals surface area (Å²) >= 11 is 0. The van der Waals surface area contributed by atoms with Gasteiger partial charge in [0.1, 0.15) is 0 Å². The Labute approximate surface area is 118 Å². The highest BCUT2D eigenvalue weighted by Crippen LogP contribution is 2.75. The molecular weight excluding hydrogens is 269 g/mol. The Bertz CT molecular complexity index is 418. The highest BCUT2D eigenvalue weighted by molar-refractivity contribution is 5.17. The van der Waals surface area contributed by atoms with Crippen molar-refractivity contribution in [3.8, 4) is 0 Å². The first-order valence-corrected chi connectivity index (χ1v) is 7.06. The third-order valence-corrected chi connectivity index (χ3v) is 5.89. The molecule has 1 saturated heterocycles. The molecule has 2 unspecified atom stereocenters. The molecule has 0 N–H and O–H groups in total. The molecule has 1 saturated carbocycles. The third kappa shape index (κ3) is 1.78. The van der Waals surface area contributed by atoms with E-state index in [0.29, 0.717) is 12.8 Å². The van der Waals surface area contributed by atoms with Crippen molar-refractivity contribution in [3.63, 3.8) is 0 Å². The van der Waals surface area contributed by atoms with E-state index in [1.54, 1.807) is 6.92 Å². The highest BCUT2D eigenvalue weighted by Gasteiger charge is 2.85. The molecule has 2 fully saturated rings. The van der Waals surface area contributed by atoms with Crippen molar-refractivity contribution < 1.29 is 22.9 Å². The molecule has 2 aliphatic rings. The molecule has 0 bridgehead atoms. The standard InChI is InChI=1S/C15H25F3O2/c1-10(2,3)12(6)8-11(4,5)9-13(12,7)14(19-20-14)15(16,17)18/h8-9H2,1-7H3. The van der Waals surface area contributed by atoms with Crippen LogP contribution in [-0.4, -0.2) is 12.0 Å². The van der Waals surface area contributed by atoms with Gasteiger partial charge in [-0.05, 0) is 29.1 Å². The van der Waals surface area contributed by atoms with Crippen LogP contribution in [0, 0.1) is 21.7 Å². The Kier molecular flexibility index (Phi) is 2.99. The van der Waals surface area contributed by atoms with Crippen molar-refractivity contribution in [2.75, 3.05) is 0 Å². The van der Waals surface area contributed by atoms with Crippen LogP contribution >= 0.6 is 0 Å². The molecule has 0 aromatic carbocycles. The van der Waals surface area contributed by atoms with E-state index < -0.39 is 22.8 Å². The Balaban J connectivity index is 2.59. The van der Waals surface area contributed by atoms with Crippen molar-refractivity contribution >= 4 is 0 Å². The van der Waals surface area contributed by atoms with Gasteiger partial charge in [0, 0.05) is 5.41 Å². The van der Waals surface area contributed by atoms with Crippen LogP contribution < -0.4 is 0 Å². The van der Waals surface area contributed by atoms with E-state index in [0.717, 1.165) is 0 Å². The molecule has 2 atom stereocenters. The maximum atomic E-state index is 13.5. The van der Waals surface area contributed by atoms with Gasteiger partial charge in [-0.1, -0.05) is 48.5 Å². The van der Waals surface area contributed by atoms with Crippen LogP contribution in [0.5, 0.6) is 0 Å². The summed E-state index contributed by atoms with van der Waals surface area (Å²) in [6.45, 7) is 13.7. The molecule has 0 aromatic heterocycles. The zero-order valence-electron chi connectivity index (χ0n) is 13.4. The third-order valence-electron chi connectivity index (χ3n) is 5.89. The first-order chi connectivity index (χ1) is 8.62. The summed E-state index contributed by atoms with van der Waals surface area (Å²) < 4.78 is 40.6. The van der Waals surface area contributed by atoms with Crippen LogP contribution in [0.1, 0.15) is 61.3 Å². The van der Waals surface area contributed by atoms with E-state index in [9.17, 15) is 13.2 Å². The largest absolute Gasteiger partial charge is 0.449 e. The maximum absolute atomic E-state index is 13.5. The molecule has 2 rings (SSSR count). The Hall–Kier alpha value is -0.290. The van der Waals surface area contributed by atoms with Crippen LogP contribution in [0.3, 0.4) is 0 Å². The number of hydrogen-bond acceptors (Lipinski definition) is 2. The zero-order valence-corrected chi connectivity index (χ0v) is 13.4. The van der Waals surface area contributed by atoms with Crippen LogP contribution in [0.15, 0.2) is 0 Å². The Morgan fingerprint density at radius 3 is 1.60 bits per heavy atom. The number of hydrogen-bond donors (Lipinski definition) is 0. The van der Waals surface area contributed by atoms with Crippen molar-refractivity contribution in [2.45, 2.75) is 73.3 Å². The summed E-state index contributed by atoms with van der Waals surface area (Å²) in [5, 5.41) is 0. The topological polar surface area (TPSA) is 25.1 Å². The van der Waals surface area contributed by atoms with Crippen molar-refractivity contribution in [1.82, 2.24) is 0 Å². The lowest BCUT2D eigenvalue weighted by Gasteiger charge is -2.51. The predicted molar refractivity (Wildman–Crippen MR) is 69.6 cm³/mol. The molecule has 5 heteroatoms. The minimum Gasteiger partial charge on any atom is -0.184 e. The molecule has 1 aliphatic carbocycles. The van der Waals surface area contributed by atoms with Crippen molar-refractivity contribution in [3.05, 3.63) is 0 Å². The summed E-state index contributed by atoms with van der Waals surface area (Å²) in [4.78, 5) is 9.21. The van der Waals surface area contributed by atoms with Crippen LogP contribution in [0.4, 0.5) is 13.2 Å². The first-order valence-electron chi connectivity index (χ1n) is 7.06. The van der Waals surface area contributed by atoms with Gasteiger partial charge in [0.25, 0.3) is 0 Å². The number of alkyl halides is 3. The minimum atomic E-state index is -4.52. The Morgan fingerprint density at radius 1 is 0.850 bits per heavy atom. The van der Waals surface area contributed by atoms with E-state index in [2.05, 4.69) is 9.78 Å². The quantitative estimate of drug-likeness (QED) is 0.497. The Morgan fingerprint density at radius 2 is 1.30 bits per heavy atom. The fourth-order valence-electron chi connectivity index (χ4n) is 4.57. The fourth-order valence-corrected chi connectivity index (χ4v) is 4.57. The molecule has 2 nitrogen and oxygen atoms in total. The van der Waals surface area contributed by atoms with Gasteiger partial charge in [0.05, 0.1) is 0 Å². The summed E-state index contributed by atoms with van der Waals surface area (Å²) in [5.74, 6) is -2.45. The lowest BCUT2D eigenvalue weighted by atomic mass is 9.53. The molecule has 1 aliphatic heterocycles. The van der Waals surface area contributed by atoms with Gasteiger partial charge in [0.15, 0.2) is 0 Å². The van der Waals surface area contributed by atoms with Gasteiger partial charge in [-0.2, -0.15) is 22.9 Å². The molecular formula is C15H25F3O2. The van der Waals surface area contributed by atoms with Crippen molar-refractivity contribution in [2.24, 2.45) is 21.7 Å². The maximum Gasteiger partial charge on any atom is 0.449 e. The smallest absolute Gasteiger partial charge is 0.184 e. The van der Waals surface area contributed by atoms with Gasteiger partial charge < -0.3 is 0 Å². The molecule has 1 heterocycles. The van der Waals surface area contributed by atoms with E-state index in [4.69, 9.17) is 0 Å². The summed E-state index contributed by atoms with van der Waals surface area (Å²) in [6, 6.07) is 0. The van der Waals surface area contributed by atoms with Gasteiger partial charge in [0.2, 0.25) is 0 Å². The second-order valence-corrected chi connectivity index (χ2v) is 8.71. The molecule has 0 spiro atoms. The van der Waals surface area contributed by atoms with Gasteiger partial charge in [-0.3, -0.25) is 0 Å². The summed E-state index contributed by atoms with van der Waals surface area (Å²) in [6.07, 6.45) is -3.38. The fraction of sp³-hybridized carbons (Fsp3) is 1.00. The number of halogens is 3. The average Bonchev–Trinajstić information content (AvgIpc) is 2.88. The monoisotopic (exact) mass is 294 g/mol. The highest BCUT2D eigenvalue weighted by atomic mass is 19.4. The second-order valence-electron chi connectivity index (χ2n) is 8.71. The summed E-state index contributed by atoms with van der Waals surface area (Å²) in [7, 11) is 0. The van der Waals surface area contributed by atoms with Gasteiger partial charge in [-0.15, -0.1) is 0 Å². The van der Waals surface area contributed by atoms with E-state index in [-0.39, 0.29) is 10.8 Å². The minimum absolute atomic E-state index is 0.176. The second kappa shape index (κ2) is 3.72. The molecule has 0 radical (unpaired) electrons.